The van der Waals surface area contributed by atoms with E-state index in [1.165, 1.54) is 50.1 Å². The van der Waals surface area contributed by atoms with E-state index < -0.39 is 0 Å². The minimum atomic E-state index is 1.04. The van der Waals surface area contributed by atoms with Crippen molar-refractivity contribution in [2.75, 3.05) is 0 Å². The normalized spacial score (nSPS) is 11.2. The van der Waals surface area contributed by atoms with Gasteiger partial charge >= 0.3 is 0 Å². The highest BCUT2D eigenvalue weighted by Crippen LogP contribution is 2.44. The third-order valence-electron chi connectivity index (χ3n) is 7.81. The Bertz CT molecular complexity index is 1700. The summed E-state index contributed by atoms with van der Waals surface area (Å²) in [5.74, 6) is 0. The van der Waals surface area contributed by atoms with Gasteiger partial charge in [0, 0.05) is 51.4 Å². The molecule has 7 aromatic rings. The number of hydrogen-bond donors (Lipinski definition) is 0. The maximum Gasteiger partial charge on any atom is 0.123 e. The topological polar surface area (TPSA) is 38.7 Å². The molecular weight excluding hydrogens is 571 g/mol. The first-order valence-electron chi connectivity index (χ1n) is 13.7. The van der Waals surface area contributed by atoms with Gasteiger partial charge in [-0.2, -0.15) is 0 Å². The average molecular weight is 598 g/mol. The molecule has 204 valence electrons. The molecule has 0 spiro atoms. The lowest BCUT2D eigenvalue weighted by Gasteiger charge is -2.23. The van der Waals surface area contributed by atoms with Gasteiger partial charge in [0.2, 0.25) is 0 Å². The summed E-state index contributed by atoms with van der Waals surface area (Å²) in [7, 11) is 0. The van der Waals surface area contributed by atoms with Crippen LogP contribution in [0.1, 0.15) is 16.7 Å². The largest absolute Gasteiger partial charge is 0.245 e. The second-order valence-corrected chi connectivity index (χ2v) is 12.9. The van der Waals surface area contributed by atoms with Crippen molar-refractivity contribution in [2.24, 2.45) is 0 Å². The fourth-order valence-electron chi connectivity index (χ4n) is 5.95. The van der Waals surface area contributed by atoms with Gasteiger partial charge in [-0.25, -0.2) is 15.0 Å². The Kier molecular flexibility index (Phi) is 7.12. The summed E-state index contributed by atoms with van der Waals surface area (Å²) >= 11 is 5.00. The van der Waals surface area contributed by atoms with Crippen LogP contribution in [0.2, 0.25) is 0 Å². The number of hydrogen-bond acceptors (Lipinski definition) is 6. The van der Waals surface area contributed by atoms with Crippen LogP contribution in [0.15, 0.2) is 108 Å². The highest BCUT2D eigenvalue weighted by molar-refractivity contribution is 7.13. The molecule has 0 aliphatic rings. The monoisotopic (exact) mass is 597 g/mol. The van der Waals surface area contributed by atoms with Gasteiger partial charge in [-0.05, 0) is 70.8 Å². The van der Waals surface area contributed by atoms with Crippen molar-refractivity contribution in [3.63, 3.8) is 0 Å². The molecular formula is C36H27N3S3. The van der Waals surface area contributed by atoms with Crippen LogP contribution in [0.3, 0.4) is 0 Å². The molecule has 7 rings (SSSR count). The Morgan fingerprint density at radius 3 is 0.810 bits per heavy atom. The molecule has 0 radical (unpaired) electrons. The summed E-state index contributed by atoms with van der Waals surface area (Å²) in [5.41, 5.74) is 14.8. The summed E-state index contributed by atoms with van der Waals surface area (Å²) < 4.78 is 0. The summed E-state index contributed by atoms with van der Waals surface area (Å²) in [5, 5.41) is 9.20. The van der Waals surface area contributed by atoms with Gasteiger partial charge in [-0.1, -0.05) is 72.8 Å². The van der Waals surface area contributed by atoms with Crippen molar-refractivity contribution >= 4 is 34.0 Å². The van der Waals surface area contributed by atoms with Gasteiger partial charge in [0.25, 0.3) is 0 Å². The summed E-state index contributed by atoms with van der Waals surface area (Å²) in [4.78, 5) is 13.5. The molecule has 0 amide bonds. The number of thiazole rings is 3. The molecule has 0 bridgehead atoms. The second-order valence-electron chi connectivity index (χ2n) is 10.2. The number of nitrogens with zero attached hydrogens (tertiary/aromatic N) is 3. The first-order valence-corrected chi connectivity index (χ1v) is 16.4. The molecule has 3 aromatic heterocycles. The maximum absolute atomic E-state index is 4.51. The van der Waals surface area contributed by atoms with Crippen LogP contribution >= 0.6 is 34.0 Å². The van der Waals surface area contributed by atoms with Gasteiger partial charge < -0.3 is 0 Å². The molecule has 42 heavy (non-hydrogen) atoms. The molecule has 0 aliphatic heterocycles. The Balaban J connectivity index is 1.40. The molecule has 4 aromatic carbocycles. The Morgan fingerprint density at radius 1 is 0.357 bits per heavy atom. The Hall–Kier alpha value is -4.23. The zero-order valence-electron chi connectivity index (χ0n) is 23.5. The van der Waals surface area contributed by atoms with Crippen LogP contribution in [0, 0.1) is 20.8 Å². The van der Waals surface area contributed by atoms with Crippen molar-refractivity contribution in [2.45, 2.75) is 20.8 Å². The van der Waals surface area contributed by atoms with Crippen molar-refractivity contribution in [3.8, 4) is 65.1 Å². The van der Waals surface area contributed by atoms with Crippen molar-refractivity contribution < 1.29 is 0 Å². The third kappa shape index (κ3) is 4.81. The molecule has 0 N–H and O–H groups in total. The summed E-state index contributed by atoms with van der Waals surface area (Å²) in [6, 6.07) is 26.6. The van der Waals surface area contributed by atoms with Crippen LogP contribution in [-0.2, 0) is 0 Å². The van der Waals surface area contributed by atoms with Crippen LogP contribution in [0.5, 0.6) is 0 Å². The molecule has 0 saturated heterocycles. The van der Waals surface area contributed by atoms with Crippen LogP contribution in [0.25, 0.3) is 65.1 Å². The number of benzene rings is 4. The standard InChI is InChI=1S/C36H27N3S3/c1-22-31(25-4-10-28(11-5-25)34-37-16-19-40-34)23(2)33(27-8-14-30(15-9-27)36-39-18-21-42-36)24(3)32(22)26-6-12-29(13-7-26)35-38-17-20-41-35/h4-21H,1-3H3. The lowest BCUT2D eigenvalue weighted by Crippen LogP contribution is -2.01. The minimum absolute atomic E-state index is 1.04. The highest BCUT2D eigenvalue weighted by atomic mass is 32.1. The molecule has 0 unspecified atom stereocenters. The van der Waals surface area contributed by atoms with E-state index in [2.05, 4.69) is 109 Å². The molecule has 0 fully saturated rings. The lowest BCUT2D eigenvalue weighted by molar-refractivity contribution is 1.31. The van der Waals surface area contributed by atoms with Crippen molar-refractivity contribution in [1.29, 1.82) is 0 Å². The van der Waals surface area contributed by atoms with E-state index in [1.54, 1.807) is 34.0 Å². The quantitative estimate of drug-likeness (QED) is 0.191. The number of aromatic nitrogens is 3. The Morgan fingerprint density at radius 2 is 0.595 bits per heavy atom. The van der Waals surface area contributed by atoms with E-state index in [-0.39, 0.29) is 0 Å². The first-order chi connectivity index (χ1) is 20.6. The third-order valence-corrected chi connectivity index (χ3v) is 10.3. The van der Waals surface area contributed by atoms with E-state index in [4.69, 9.17) is 0 Å². The zero-order valence-corrected chi connectivity index (χ0v) is 25.9. The van der Waals surface area contributed by atoms with Crippen molar-refractivity contribution in [3.05, 3.63) is 124 Å². The maximum atomic E-state index is 4.51. The van der Waals surface area contributed by atoms with E-state index in [0.717, 1.165) is 31.7 Å². The van der Waals surface area contributed by atoms with Gasteiger partial charge in [0.05, 0.1) is 0 Å². The molecule has 6 heteroatoms. The van der Waals surface area contributed by atoms with Gasteiger partial charge in [0.1, 0.15) is 15.0 Å². The summed E-state index contributed by atoms with van der Waals surface area (Å²) in [6.45, 7) is 6.80. The van der Waals surface area contributed by atoms with E-state index in [0.29, 0.717) is 0 Å². The zero-order chi connectivity index (χ0) is 28.6. The fraction of sp³-hybridized carbons (Fsp3) is 0.0833. The van der Waals surface area contributed by atoms with E-state index >= 15 is 0 Å². The molecule has 3 nitrogen and oxygen atoms in total. The lowest BCUT2D eigenvalue weighted by atomic mass is 9.80. The smallest absolute Gasteiger partial charge is 0.123 e. The van der Waals surface area contributed by atoms with E-state index in [9.17, 15) is 0 Å². The van der Waals surface area contributed by atoms with Crippen molar-refractivity contribution in [1.82, 2.24) is 15.0 Å². The first kappa shape index (κ1) is 26.7. The van der Waals surface area contributed by atoms with Gasteiger partial charge in [0.15, 0.2) is 0 Å². The molecule has 0 aliphatic carbocycles. The van der Waals surface area contributed by atoms with Gasteiger partial charge in [-0.15, -0.1) is 34.0 Å². The predicted molar refractivity (Wildman–Crippen MR) is 180 cm³/mol. The Labute approximate surface area is 257 Å². The fourth-order valence-corrected chi connectivity index (χ4v) is 7.89. The van der Waals surface area contributed by atoms with Crippen LogP contribution in [-0.4, -0.2) is 15.0 Å². The highest BCUT2D eigenvalue weighted by Gasteiger charge is 2.21. The molecule has 0 atom stereocenters. The van der Waals surface area contributed by atoms with Crippen LogP contribution < -0.4 is 0 Å². The second kappa shape index (κ2) is 11.2. The SMILES string of the molecule is Cc1c(-c2ccc(-c3nccs3)cc2)c(C)c(-c2ccc(-c3nccs3)cc2)c(C)c1-c1ccc(-c2nccs2)cc1. The number of rotatable bonds is 6. The minimum Gasteiger partial charge on any atom is -0.245 e. The molecule has 0 saturated carbocycles. The summed E-state index contributed by atoms with van der Waals surface area (Å²) in [6.07, 6.45) is 5.58. The predicted octanol–water partition coefficient (Wildman–Crippen LogP) is 11.0. The molecule has 3 heterocycles. The van der Waals surface area contributed by atoms with Crippen LogP contribution in [0.4, 0.5) is 0 Å². The average Bonchev–Trinajstić information content (AvgIpc) is 3.83. The van der Waals surface area contributed by atoms with E-state index in [1.807, 2.05) is 34.7 Å². The van der Waals surface area contributed by atoms with Gasteiger partial charge in [-0.3, -0.25) is 0 Å².